The SMILES string of the molecule is CC1(C)C[C@@H](CN=[N+]=[N-])NC1=O. The number of nitrogens with one attached hydrogen (secondary N) is 1. The lowest BCUT2D eigenvalue weighted by Gasteiger charge is -2.11. The minimum Gasteiger partial charge on any atom is -0.353 e. The Labute approximate surface area is 70.8 Å². The summed E-state index contributed by atoms with van der Waals surface area (Å²) >= 11 is 0. The first-order valence-corrected chi connectivity index (χ1v) is 3.88. The van der Waals surface area contributed by atoms with Gasteiger partial charge < -0.3 is 5.32 Å². The van der Waals surface area contributed by atoms with Crippen LogP contribution in [0.15, 0.2) is 5.11 Å². The fraction of sp³-hybridized carbons (Fsp3) is 0.857. The van der Waals surface area contributed by atoms with Crippen molar-refractivity contribution in [2.75, 3.05) is 6.54 Å². The largest absolute Gasteiger partial charge is 0.353 e. The molecule has 1 aliphatic rings. The van der Waals surface area contributed by atoms with Crippen LogP contribution in [-0.2, 0) is 4.79 Å². The van der Waals surface area contributed by atoms with Gasteiger partial charge in [0.2, 0.25) is 5.91 Å². The number of nitrogens with zero attached hydrogens (tertiary/aromatic N) is 3. The smallest absolute Gasteiger partial charge is 0.225 e. The van der Waals surface area contributed by atoms with Crippen molar-refractivity contribution in [1.82, 2.24) is 5.32 Å². The van der Waals surface area contributed by atoms with Gasteiger partial charge in [0.25, 0.3) is 0 Å². The van der Waals surface area contributed by atoms with Crippen LogP contribution in [0.5, 0.6) is 0 Å². The first-order valence-electron chi connectivity index (χ1n) is 3.88. The summed E-state index contributed by atoms with van der Waals surface area (Å²) in [4.78, 5) is 13.9. The van der Waals surface area contributed by atoms with Crippen LogP contribution in [0.3, 0.4) is 0 Å². The van der Waals surface area contributed by atoms with Crippen LogP contribution >= 0.6 is 0 Å². The molecular formula is C7H12N4O. The zero-order valence-electron chi connectivity index (χ0n) is 7.24. The fourth-order valence-corrected chi connectivity index (χ4v) is 1.39. The third-order valence-electron chi connectivity index (χ3n) is 2.07. The molecule has 1 rings (SSSR count). The molecule has 0 unspecified atom stereocenters. The molecule has 5 heteroatoms. The molecule has 1 heterocycles. The number of amides is 1. The molecule has 0 aliphatic carbocycles. The van der Waals surface area contributed by atoms with E-state index in [9.17, 15) is 4.79 Å². The first kappa shape index (κ1) is 8.87. The van der Waals surface area contributed by atoms with E-state index in [1.165, 1.54) is 0 Å². The molecule has 0 aromatic carbocycles. The molecule has 1 fully saturated rings. The second kappa shape index (κ2) is 3.03. The normalized spacial score (nSPS) is 26.2. The van der Waals surface area contributed by atoms with Crippen molar-refractivity contribution in [2.24, 2.45) is 10.5 Å². The van der Waals surface area contributed by atoms with Crippen molar-refractivity contribution in [3.8, 4) is 0 Å². The van der Waals surface area contributed by atoms with Gasteiger partial charge in [0, 0.05) is 22.9 Å². The summed E-state index contributed by atoms with van der Waals surface area (Å²) in [7, 11) is 0. The molecule has 0 radical (unpaired) electrons. The third kappa shape index (κ3) is 1.68. The van der Waals surface area contributed by atoms with Crippen molar-refractivity contribution < 1.29 is 4.79 Å². The number of hydrogen-bond acceptors (Lipinski definition) is 2. The van der Waals surface area contributed by atoms with Gasteiger partial charge in [-0.1, -0.05) is 19.0 Å². The Morgan fingerprint density at radius 2 is 2.50 bits per heavy atom. The van der Waals surface area contributed by atoms with Gasteiger partial charge in [0.05, 0.1) is 0 Å². The zero-order valence-corrected chi connectivity index (χ0v) is 7.24. The molecule has 1 amide bonds. The quantitative estimate of drug-likeness (QED) is 0.375. The Balaban J connectivity index is 2.55. The van der Waals surface area contributed by atoms with E-state index in [0.29, 0.717) is 6.54 Å². The van der Waals surface area contributed by atoms with Gasteiger partial charge in [0.15, 0.2) is 0 Å². The van der Waals surface area contributed by atoms with Crippen LogP contribution in [0.1, 0.15) is 20.3 Å². The molecule has 1 N–H and O–H groups in total. The highest BCUT2D eigenvalue weighted by molar-refractivity contribution is 5.84. The molecule has 0 spiro atoms. The molecule has 5 nitrogen and oxygen atoms in total. The summed E-state index contributed by atoms with van der Waals surface area (Å²) in [5.74, 6) is 0.0423. The maximum atomic E-state index is 11.2. The highest BCUT2D eigenvalue weighted by atomic mass is 16.2. The van der Waals surface area contributed by atoms with Crippen molar-refractivity contribution in [2.45, 2.75) is 26.3 Å². The van der Waals surface area contributed by atoms with E-state index < -0.39 is 0 Å². The van der Waals surface area contributed by atoms with E-state index in [2.05, 4.69) is 15.3 Å². The molecule has 1 aliphatic heterocycles. The minimum atomic E-state index is -0.310. The molecule has 0 aromatic heterocycles. The molecule has 1 saturated heterocycles. The number of azide groups is 1. The Hall–Kier alpha value is -1.22. The van der Waals surface area contributed by atoms with Gasteiger partial charge in [-0.3, -0.25) is 4.79 Å². The van der Waals surface area contributed by atoms with Gasteiger partial charge in [-0.05, 0) is 12.0 Å². The lowest BCUT2D eigenvalue weighted by atomic mass is 9.90. The zero-order chi connectivity index (χ0) is 9.19. The molecule has 66 valence electrons. The standard InChI is InChI=1S/C7H12N4O/c1-7(2)3-5(4-9-11-8)10-6(7)12/h5H,3-4H2,1-2H3,(H,10,12)/t5-/m0/s1. The predicted octanol–water partition coefficient (Wildman–Crippen LogP) is 1.21. The van der Waals surface area contributed by atoms with Gasteiger partial charge in [-0.25, -0.2) is 0 Å². The number of hydrogen-bond donors (Lipinski definition) is 1. The van der Waals surface area contributed by atoms with E-state index in [-0.39, 0.29) is 17.4 Å². The van der Waals surface area contributed by atoms with E-state index >= 15 is 0 Å². The van der Waals surface area contributed by atoms with Gasteiger partial charge in [-0.2, -0.15) is 0 Å². The van der Waals surface area contributed by atoms with Crippen LogP contribution < -0.4 is 5.32 Å². The van der Waals surface area contributed by atoms with E-state index in [1.54, 1.807) is 0 Å². The summed E-state index contributed by atoms with van der Waals surface area (Å²) in [6.45, 7) is 4.13. The van der Waals surface area contributed by atoms with Crippen LogP contribution in [0.4, 0.5) is 0 Å². The van der Waals surface area contributed by atoms with Crippen LogP contribution in [0.2, 0.25) is 0 Å². The predicted molar refractivity (Wildman–Crippen MR) is 44.3 cm³/mol. The Morgan fingerprint density at radius 1 is 1.83 bits per heavy atom. The third-order valence-corrected chi connectivity index (χ3v) is 2.07. The van der Waals surface area contributed by atoms with Crippen LogP contribution in [0.25, 0.3) is 10.4 Å². The summed E-state index contributed by atoms with van der Waals surface area (Å²) in [5, 5.41) is 6.19. The Kier molecular flexibility index (Phi) is 2.24. The minimum absolute atomic E-state index is 0.0170. The van der Waals surface area contributed by atoms with Crippen molar-refractivity contribution in [1.29, 1.82) is 0 Å². The van der Waals surface area contributed by atoms with E-state index in [0.717, 1.165) is 6.42 Å². The lowest BCUT2D eigenvalue weighted by Crippen LogP contribution is -2.29. The highest BCUT2D eigenvalue weighted by Gasteiger charge is 2.38. The maximum absolute atomic E-state index is 11.2. The Bertz CT molecular complexity index is 242. The van der Waals surface area contributed by atoms with Crippen LogP contribution in [0, 0.1) is 5.41 Å². The van der Waals surface area contributed by atoms with Gasteiger partial charge >= 0.3 is 0 Å². The molecule has 0 bridgehead atoms. The summed E-state index contributed by atoms with van der Waals surface area (Å²) in [5.41, 5.74) is 7.76. The molecule has 0 aromatic rings. The second-order valence-corrected chi connectivity index (χ2v) is 3.67. The number of carbonyl (C=O) groups excluding carboxylic acids is 1. The average Bonchev–Trinajstić information content (AvgIpc) is 2.22. The van der Waals surface area contributed by atoms with Crippen molar-refractivity contribution >= 4 is 5.91 Å². The van der Waals surface area contributed by atoms with E-state index in [1.807, 2.05) is 13.8 Å². The maximum Gasteiger partial charge on any atom is 0.225 e. The van der Waals surface area contributed by atoms with Crippen molar-refractivity contribution in [3.63, 3.8) is 0 Å². The van der Waals surface area contributed by atoms with Crippen molar-refractivity contribution in [3.05, 3.63) is 10.4 Å². The summed E-state index contributed by atoms with van der Waals surface area (Å²) in [6.07, 6.45) is 0.741. The molecule has 0 saturated carbocycles. The topological polar surface area (TPSA) is 77.9 Å². The molecule has 1 atom stereocenters. The van der Waals surface area contributed by atoms with Gasteiger partial charge in [-0.15, -0.1) is 0 Å². The molecular weight excluding hydrogens is 156 g/mol. The van der Waals surface area contributed by atoms with Gasteiger partial charge in [0.1, 0.15) is 0 Å². The number of rotatable bonds is 2. The van der Waals surface area contributed by atoms with Crippen LogP contribution in [-0.4, -0.2) is 18.5 Å². The monoisotopic (exact) mass is 168 g/mol. The summed E-state index contributed by atoms with van der Waals surface area (Å²) < 4.78 is 0. The number of carbonyl (C=O) groups is 1. The molecule has 12 heavy (non-hydrogen) atoms. The lowest BCUT2D eigenvalue weighted by molar-refractivity contribution is -0.126. The van der Waals surface area contributed by atoms with E-state index in [4.69, 9.17) is 5.53 Å². The average molecular weight is 168 g/mol. The fourth-order valence-electron chi connectivity index (χ4n) is 1.39. The second-order valence-electron chi connectivity index (χ2n) is 3.67. The summed E-state index contributed by atoms with van der Waals surface area (Å²) in [6, 6.07) is 0.0170. The Morgan fingerprint density at radius 3 is 2.92 bits per heavy atom. The first-order chi connectivity index (χ1) is 5.56. The highest BCUT2D eigenvalue weighted by Crippen LogP contribution is 2.28.